The molecule has 1 aliphatic rings. The molecule has 3 rings (SSSR count). The SMILES string of the molecule is O=C(Nc1cncnc1)C1Cc2ccccc2N1. The number of rotatable bonds is 2. The molecule has 0 radical (unpaired) electrons. The summed E-state index contributed by atoms with van der Waals surface area (Å²) in [6, 6.07) is 7.71. The van der Waals surface area contributed by atoms with Crippen molar-refractivity contribution in [2.45, 2.75) is 12.5 Å². The van der Waals surface area contributed by atoms with Crippen LogP contribution in [0.2, 0.25) is 0 Å². The van der Waals surface area contributed by atoms with Gasteiger partial charge in [-0.1, -0.05) is 18.2 Å². The van der Waals surface area contributed by atoms with Crippen LogP contribution in [0.15, 0.2) is 43.0 Å². The molecule has 0 fully saturated rings. The van der Waals surface area contributed by atoms with Crippen molar-refractivity contribution in [1.82, 2.24) is 9.97 Å². The van der Waals surface area contributed by atoms with Gasteiger partial charge >= 0.3 is 0 Å². The predicted octanol–water partition coefficient (Wildman–Crippen LogP) is 1.45. The fraction of sp³-hybridized carbons (Fsp3) is 0.154. The van der Waals surface area contributed by atoms with Crippen molar-refractivity contribution in [1.29, 1.82) is 0 Å². The molecule has 2 N–H and O–H groups in total. The van der Waals surface area contributed by atoms with E-state index in [0.717, 1.165) is 5.69 Å². The molecule has 1 amide bonds. The Morgan fingerprint density at radius 2 is 2.06 bits per heavy atom. The Hall–Kier alpha value is -2.43. The third-order valence-corrected chi connectivity index (χ3v) is 2.92. The summed E-state index contributed by atoms with van der Waals surface area (Å²) < 4.78 is 0. The lowest BCUT2D eigenvalue weighted by atomic mass is 10.1. The van der Waals surface area contributed by atoms with Gasteiger partial charge in [-0.3, -0.25) is 4.79 Å². The van der Waals surface area contributed by atoms with Crippen molar-refractivity contribution in [3.63, 3.8) is 0 Å². The van der Waals surface area contributed by atoms with Gasteiger partial charge < -0.3 is 10.6 Å². The maximum absolute atomic E-state index is 12.1. The molecule has 2 heterocycles. The first kappa shape index (κ1) is 10.7. The number of benzene rings is 1. The zero-order valence-electron chi connectivity index (χ0n) is 9.63. The molecule has 2 aromatic rings. The van der Waals surface area contributed by atoms with Gasteiger partial charge in [-0.05, 0) is 11.6 Å². The molecule has 90 valence electrons. The van der Waals surface area contributed by atoms with Gasteiger partial charge in [-0.2, -0.15) is 0 Å². The highest BCUT2D eigenvalue weighted by molar-refractivity contribution is 5.97. The molecule has 1 unspecified atom stereocenters. The molecule has 0 aliphatic carbocycles. The maximum Gasteiger partial charge on any atom is 0.247 e. The summed E-state index contributed by atoms with van der Waals surface area (Å²) in [6.07, 6.45) is 5.29. The van der Waals surface area contributed by atoms with Crippen molar-refractivity contribution in [3.05, 3.63) is 48.5 Å². The minimum atomic E-state index is -0.234. The largest absolute Gasteiger partial charge is 0.373 e. The van der Waals surface area contributed by atoms with Gasteiger partial charge in [0.15, 0.2) is 0 Å². The van der Waals surface area contributed by atoms with Crippen LogP contribution in [0.5, 0.6) is 0 Å². The van der Waals surface area contributed by atoms with E-state index in [1.54, 1.807) is 12.4 Å². The molecular formula is C13H12N4O. The van der Waals surface area contributed by atoms with Crippen LogP contribution in [0, 0.1) is 0 Å². The molecule has 1 aromatic heterocycles. The van der Waals surface area contributed by atoms with Gasteiger partial charge in [0.25, 0.3) is 0 Å². The zero-order valence-corrected chi connectivity index (χ0v) is 9.63. The standard InChI is InChI=1S/C13H12N4O/c18-13(16-10-6-14-8-15-7-10)12-5-9-3-1-2-4-11(9)17-12/h1-4,6-8,12,17H,5H2,(H,16,18). The van der Waals surface area contributed by atoms with E-state index in [-0.39, 0.29) is 11.9 Å². The Labute approximate surface area is 104 Å². The lowest BCUT2D eigenvalue weighted by Gasteiger charge is -2.11. The second-order valence-corrected chi connectivity index (χ2v) is 4.17. The maximum atomic E-state index is 12.1. The number of carbonyl (C=O) groups is 1. The molecule has 18 heavy (non-hydrogen) atoms. The van der Waals surface area contributed by atoms with Crippen LogP contribution in [0.4, 0.5) is 11.4 Å². The molecule has 0 spiro atoms. The fourth-order valence-corrected chi connectivity index (χ4v) is 2.05. The van der Waals surface area contributed by atoms with Gasteiger partial charge in [0.05, 0.1) is 18.1 Å². The van der Waals surface area contributed by atoms with Gasteiger partial charge in [-0.25, -0.2) is 9.97 Å². The molecule has 0 bridgehead atoms. The topological polar surface area (TPSA) is 66.9 Å². The number of hydrogen-bond acceptors (Lipinski definition) is 4. The Bertz CT molecular complexity index is 545. The number of amides is 1. The van der Waals surface area contributed by atoms with Crippen LogP contribution in [0.25, 0.3) is 0 Å². The summed E-state index contributed by atoms with van der Waals surface area (Å²) in [4.78, 5) is 19.8. The number of fused-ring (bicyclic) bond motifs is 1. The van der Waals surface area contributed by atoms with Crippen molar-refractivity contribution >= 4 is 17.3 Å². The minimum absolute atomic E-state index is 0.0685. The van der Waals surface area contributed by atoms with E-state index in [2.05, 4.69) is 20.6 Å². The van der Waals surface area contributed by atoms with Crippen LogP contribution in [0.1, 0.15) is 5.56 Å². The number of carbonyl (C=O) groups excluding carboxylic acids is 1. The van der Waals surface area contributed by atoms with E-state index in [9.17, 15) is 4.79 Å². The third kappa shape index (κ3) is 2.02. The molecule has 0 saturated heterocycles. The first-order valence-corrected chi connectivity index (χ1v) is 5.73. The van der Waals surface area contributed by atoms with Crippen molar-refractivity contribution in [2.24, 2.45) is 0 Å². The lowest BCUT2D eigenvalue weighted by molar-refractivity contribution is -0.116. The highest BCUT2D eigenvalue weighted by Gasteiger charge is 2.26. The first-order chi connectivity index (χ1) is 8.83. The number of hydrogen-bond donors (Lipinski definition) is 2. The summed E-state index contributed by atoms with van der Waals surface area (Å²) in [5.41, 5.74) is 2.81. The molecule has 0 saturated carbocycles. The third-order valence-electron chi connectivity index (χ3n) is 2.92. The predicted molar refractivity (Wildman–Crippen MR) is 68.2 cm³/mol. The van der Waals surface area contributed by atoms with Crippen molar-refractivity contribution < 1.29 is 4.79 Å². The zero-order chi connectivity index (χ0) is 12.4. The second kappa shape index (κ2) is 4.44. The molecule has 1 aromatic carbocycles. The second-order valence-electron chi connectivity index (χ2n) is 4.17. The molecular weight excluding hydrogens is 228 g/mol. The van der Waals surface area contributed by atoms with Gasteiger partial charge in [0.1, 0.15) is 12.4 Å². The van der Waals surface area contributed by atoms with Gasteiger partial charge in [0, 0.05) is 12.1 Å². The number of anilines is 2. The monoisotopic (exact) mass is 240 g/mol. The minimum Gasteiger partial charge on any atom is -0.373 e. The number of nitrogens with one attached hydrogen (secondary N) is 2. The van der Waals surface area contributed by atoms with Crippen LogP contribution in [0.3, 0.4) is 0 Å². The van der Waals surface area contributed by atoms with Crippen LogP contribution >= 0.6 is 0 Å². The normalized spacial score (nSPS) is 16.8. The Kier molecular flexibility index (Phi) is 2.64. The average Bonchev–Trinajstić information content (AvgIpc) is 2.84. The van der Waals surface area contributed by atoms with Crippen LogP contribution in [-0.4, -0.2) is 21.9 Å². The summed E-state index contributed by atoms with van der Waals surface area (Å²) in [5, 5.41) is 5.99. The Morgan fingerprint density at radius 3 is 2.83 bits per heavy atom. The Balaban J connectivity index is 1.70. The average molecular weight is 240 g/mol. The quantitative estimate of drug-likeness (QED) is 0.833. The van der Waals surface area contributed by atoms with E-state index in [1.807, 2.05) is 24.3 Å². The van der Waals surface area contributed by atoms with E-state index < -0.39 is 0 Å². The van der Waals surface area contributed by atoms with Gasteiger partial charge in [-0.15, -0.1) is 0 Å². The van der Waals surface area contributed by atoms with E-state index in [0.29, 0.717) is 12.1 Å². The smallest absolute Gasteiger partial charge is 0.247 e. The first-order valence-electron chi connectivity index (χ1n) is 5.73. The number of aromatic nitrogens is 2. The van der Waals surface area contributed by atoms with E-state index in [4.69, 9.17) is 0 Å². The van der Waals surface area contributed by atoms with Crippen molar-refractivity contribution in [2.75, 3.05) is 10.6 Å². The summed E-state index contributed by atoms with van der Waals surface area (Å²) >= 11 is 0. The molecule has 1 atom stereocenters. The molecule has 5 heteroatoms. The Morgan fingerprint density at radius 1 is 1.28 bits per heavy atom. The van der Waals surface area contributed by atoms with Crippen molar-refractivity contribution in [3.8, 4) is 0 Å². The van der Waals surface area contributed by atoms with E-state index in [1.165, 1.54) is 11.9 Å². The fourth-order valence-electron chi connectivity index (χ4n) is 2.05. The molecule has 5 nitrogen and oxygen atoms in total. The summed E-state index contributed by atoms with van der Waals surface area (Å²) in [7, 11) is 0. The lowest BCUT2D eigenvalue weighted by Crippen LogP contribution is -2.32. The van der Waals surface area contributed by atoms with Crippen LogP contribution < -0.4 is 10.6 Å². The summed E-state index contributed by atoms with van der Waals surface area (Å²) in [6.45, 7) is 0. The number of nitrogens with zero attached hydrogens (tertiary/aromatic N) is 2. The summed E-state index contributed by atoms with van der Waals surface area (Å²) in [5.74, 6) is -0.0685. The van der Waals surface area contributed by atoms with E-state index >= 15 is 0 Å². The van der Waals surface area contributed by atoms with Crippen LogP contribution in [-0.2, 0) is 11.2 Å². The highest BCUT2D eigenvalue weighted by Crippen LogP contribution is 2.25. The van der Waals surface area contributed by atoms with Gasteiger partial charge in [0.2, 0.25) is 5.91 Å². The molecule has 1 aliphatic heterocycles. The highest BCUT2D eigenvalue weighted by atomic mass is 16.2. The number of para-hydroxylation sites is 1.